The molecule has 0 saturated heterocycles. The molecule has 0 atom stereocenters. The molecule has 0 spiro atoms. The Morgan fingerprint density at radius 2 is 1.65 bits per heavy atom. The van der Waals surface area contributed by atoms with E-state index in [0.29, 0.717) is 39.8 Å². The molecular weight excluding hydrogens is 337 g/mol. The second kappa shape index (κ2) is 6.72. The summed E-state index contributed by atoms with van der Waals surface area (Å²) < 4.78 is 13.7. The van der Waals surface area contributed by atoms with Gasteiger partial charge in [-0.15, -0.1) is 0 Å². The van der Waals surface area contributed by atoms with Gasteiger partial charge >= 0.3 is 0 Å². The van der Waals surface area contributed by atoms with E-state index >= 15 is 0 Å². The van der Waals surface area contributed by atoms with Gasteiger partial charge in [-0.2, -0.15) is 11.8 Å². The molecule has 1 aliphatic heterocycles. The molecule has 0 aromatic heterocycles. The molecule has 0 N–H and O–H groups in total. The van der Waals surface area contributed by atoms with Gasteiger partial charge in [0, 0.05) is 28.6 Å². The highest BCUT2D eigenvalue weighted by Crippen LogP contribution is 2.25. The number of rotatable bonds is 5. The molecular formula is C17H13ClFNO2S. The van der Waals surface area contributed by atoms with Crippen LogP contribution in [0.2, 0.25) is 5.02 Å². The molecule has 3 rings (SSSR count). The molecule has 0 bridgehead atoms. The molecule has 0 aliphatic carbocycles. The van der Waals surface area contributed by atoms with E-state index in [-0.39, 0.29) is 17.6 Å². The summed E-state index contributed by atoms with van der Waals surface area (Å²) in [5.74, 6) is 0.0427. The van der Waals surface area contributed by atoms with Gasteiger partial charge in [0.25, 0.3) is 11.8 Å². The molecule has 6 heteroatoms. The molecule has 118 valence electrons. The Morgan fingerprint density at radius 3 is 2.26 bits per heavy atom. The number of fused-ring (bicyclic) bond motifs is 1. The van der Waals surface area contributed by atoms with Crippen molar-refractivity contribution in [1.29, 1.82) is 0 Å². The molecule has 0 fully saturated rings. The summed E-state index contributed by atoms with van der Waals surface area (Å²) in [5.41, 5.74) is 1.33. The summed E-state index contributed by atoms with van der Waals surface area (Å²) in [4.78, 5) is 25.6. The number of nitrogens with zero attached hydrogens (tertiary/aromatic N) is 1. The maximum atomic E-state index is 13.7. The van der Waals surface area contributed by atoms with Crippen molar-refractivity contribution in [2.75, 3.05) is 12.3 Å². The second-order valence-corrected chi connectivity index (χ2v) is 6.57. The highest BCUT2D eigenvalue weighted by molar-refractivity contribution is 7.98. The summed E-state index contributed by atoms with van der Waals surface area (Å²) >= 11 is 7.40. The van der Waals surface area contributed by atoms with Crippen molar-refractivity contribution < 1.29 is 14.0 Å². The highest BCUT2D eigenvalue weighted by Gasteiger charge is 2.34. The zero-order valence-corrected chi connectivity index (χ0v) is 13.7. The number of carbonyl (C=O) groups is 2. The lowest BCUT2D eigenvalue weighted by Crippen LogP contribution is -2.31. The van der Waals surface area contributed by atoms with E-state index in [1.807, 2.05) is 0 Å². The van der Waals surface area contributed by atoms with Crippen LogP contribution in [-0.4, -0.2) is 29.0 Å². The number of hydrogen-bond acceptors (Lipinski definition) is 3. The molecule has 0 radical (unpaired) electrons. The van der Waals surface area contributed by atoms with Crippen molar-refractivity contribution >= 4 is 35.2 Å². The number of halogens is 2. The molecule has 2 aromatic rings. The fraction of sp³-hybridized carbons (Fsp3) is 0.176. The van der Waals surface area contributed by atoms with Gasteiger partial charge in [0.2, 0.25) is 0 Å². The Labute approximate surface area is 142 Å². The monoisotopic (exact) mass is 349 g/mol. The molecule has 0 saturated carbocycles. The van der Waals surface area contributed by atoms with Crippen molar-refractivity contribution in [3.8, 4) is 0 Å². The number of thioether (sulfide) groups is 1. The van der Waals surface area contributed by atoms with E-state index in [1.54, 1.807) is 36.4 Å². The van der Waals surface area contributed by atoms with E-state index in [1.165, 1.54) is 22.7 Å². The van der Waals surface area contributed by atoms with Crippen LogP contribution in [0.3, 0.4) is 0 Å². The second-order valence-electron chi connectivity index (χ2n) is 5.06. The maximum absolute atomic E-state index is 13.7. The van der Waals surface area contributed by atoms with E-state index in [2.05, 4.69) is 0 Å². The first kappa shape index (κ1) is 16.0. The lowest BCUT2D eigenvalue weighted by atomic mass is 10.1. The molecule has 23 heavy (non-hydrogen) atoms. The SMILES string of the molecule is O=C1c2ccccc2C(=O)N1CCSCc1c(F)cccc1Cl. The number of hydrogen-bond donors (Lipinski definition) is 0. The van der Waals surface area contributed by atoms with Crippen LogP contribution in [-0.2, 0) is 5.75 Å². The first-order chi connectivity index (χ1) is 11.1. The zero-order chi connectivity index (χ0) is 16.4. The van der Waals surface area contributed by atoms with Gasteiger partial charge in [0.15, 0.2) is 0 Å². The van der Waals surface area contributed by atoms with Crippen LogP contribution in [0.25, 0.3) is 0 Å². The Bertz CT molecular complexity index is 726. The van der Waals surface area contributed by atoms with E-state index in [9.17, 15) is 14.0 Å². The van der Waals surface area contributed by atoms with Crippen LogP contribution < -0.4 is 0 Å². The summed E-state index contributed by atoms with van der Waals surface area (Å²) in [6.45, 7) is 0.295. The van der Waals surface area contributed by atoms with Crippen molar-refractivity contribution in [1.82, 2.24) is 4.90 Å². The number of imide groups is 1. The molecule has 0 unspecified atom stereocenters. The van der Waals surface area contributed by atoms with Gasteiger partial charge in [0.1, 0.15) is 5.82 Å². The third kappa shape index (κ3) is 3.12. The van der Waals surface area contributed by atoms with Crippen LogP contribution in [0.4, 0.5) is 4.39 Å². The van der Waals surface area contributed by atoms with Crippen molar-refractivity contribution in [2.24, 2.45) is 0 Å². The minimum absolute atomic E-state index is 0.268. The maximum Gasteiger partial charge on any atom is 0.261 e. The van der Waals surface area contributed by atoms with E-state index in [4.69, 9.17) is 11.6 Å². The van der Waals surface area contributed by atoms with E-state index < -0.39 is 0 Å². The Kier molecular flexibility index (Phi) is 4.68. The Balaban J connectivity index is 1.58. The Morgan fingerprint density at radius 1 is 1.00 bits per heavy atom. The Hall–Kier alpha value is -1.85. The van der Waals surface area contributed by atoms with Crippen LogP contribution in [0.15, 0.2) is 42.5 Å². The summed E-state index contributed by atoms with van der Waals surface area (Å²) in [6.07, 6.45) is 0. The summed E-state index contributed by atoms with van der Waals surface area (Å²) in [7, 11) is 0. The highest BCUT2D eigenvalue weighted by atomic mass is 35.5. The average molecular weight is 350 g/mol. The average Bonchev–Trinajstić information content (AvgIpc) is 2.79. The van der Waals surface area contributed by atoms with Crippen molar-refractivity contribution in [2.45, 2.75) is 5.75 Å². The van der Waals surface area contributed by atoms with Crippen molar-refractivity contribution in [3.63, 3.8) is 0 Å². The molecule has 3 nitrogen and oxygen atoms in total. The van der Waals surface area contributed by atoms with Crippen LogP contribution in [0.1, 0.15) is 26.3 Å². The summed E-state index contributed by atoms with van der Waals surface area (Å²) in [6, 6.07) is 11.4. The minimum Gasteiger partial charge on any atom is -0.274 e. The molecule has 2 aromatic carbocycles. The number of benzene rings is 2. The summed E-state index contributed by atoms with van der Waals surface area (Å²) in [5, 5.41) is 0.387. The first-order valence-electron chi connectivity index (χ1n) is 7.05. The molecule has 1 heterocycles. The van der Waals surface area contributed by atoms with Gasteiger partial charge in [-0.1, -0.05) is 29.8 Å². The third-order valence-corrected chi connectivity index (χ3v) is 4.96. The van der Waals surface area contributed by atoms with Crippen LogP contribution >= 0.6 is 23.4 Å². The fourth-order valence-corrected chi connectivity index (χ4v) is 3.71. The lowest BCUT2D eigenvalue weighted by molar-refractivity contribution is 0.0664. The quantitative estimate of drug-likeness (QED) is 0.604. The molecule has 2 amide bonds. The van der Waals surface area contributed by atoms with Crippen molar-refractivity contribution in [3.05, 3.63) is 70.0 Å². The fourth-order valence-electron chi connectivity index (χ4n) is 2.44. The van der Waals surface area contributed by atoms with E-state index in [0.717, 1.165) is 0 Å². The largest absolute Gasteiger partial charge is 0.274 e. The van der Waals surface area contributed by atoms with Gasteiger partial charge in [-0.25, -0.2) is 4.39 Å². The number of amides is 2. The topological polar surface area (TPSA) is 37.4 Å². The third-order valence-electron chi connectivity index (χ3n) is 3.65. The van der Waals surface area contributed by atoms with Gasteiger partial charge < -0.3 is 0 Å². The van der Waals surface area contributed by atoms with Gasteiger partial charge in [-0.3, -0.25) is 14.5 Å². The normalized spacial score (nSPS) is 13.6. The minimum atomic E-state index is -0.342. The van der Waals surface area contributed by atoms with Gasteiger partial charge in [-0.05, 0) is 24.3 Å². The predicted octanol–water partition coefficient (Wildman–Crippen LogP) is 4.01. The zero-order valence-electron chi connectivity index (χ0n) is 12.1. The van der Waals surface area contributed by atoms with Gasteiger partial charge in [0.05, 0.1) is 11.1 Å². The number of carbonyl (C=O) groups excluding carboxylic acids is 2. The standard InChI is InChI=1S/C17H13ClFNO2S/c18-14-6-3-7-15(19)13(14)10-23-9-8-20-16(21)11-4-1-2-5-12(11)17(20)22/h1-7H,8-10H2. The smallest absolute Gasteiger partial charge is 0.261 e. The van der Waals surface area contributed by atoms with Crippen LogP contribution in [0, 0.1) is 5.82 Å². The van der Waals surface area contributed by atoms with Crippen LogP contribution in [0.5, 0.6) is 0 Å². The predicted molar refractivity (Wildman–Crippen MR) is 89.4 cm³/mol. The molecule has 1 aliphatic rings. The first-order valence-corrected chi connectivity index (χ1v) is 8.58. The lowest BCUT2D eigenvalue weighted by Gasteiger charge is -2.13.